The van der Waals surface area contributed by atoms with E-state index in [0.717, 1.165) is 16.8 Å². The summed E-state index contributed by atoms with van der Waals surface area (Å²) in [4.78, 5) is 37.7. The number of carbonyl (C=O) groups excluding carboxylic acids is 2. The van der Waals surface area contributed by atoms with Gasteiger partial charge in [0.05, 0.1) is 18.5 Å². The first-order valence-corrected chi connectivity index (χ1v) is 14.2. The van der Waals surface area contributed by atoms with Gasteiger partial charge in [0.25, 0.3) is 0 Å². The lowest BCUT2D eigenvalue weighted by molar-refractivity contribution is -0.120. The van der Waals surface area contributed by atoms with E-state index in [1.807, 2.05) is 55.5 Å². The average Bonchev–Trinajstić information content (AvgIpc) is 3.47. The summed E-state index contributed by atoms with van der Waals surface area (Å²) < 4.78 is 6.57. The molecule has 0 atom stereocenters. The smallest absolute Gasteiger partial charge is 0.327 e. The number of ether oxygens (including phenoxy) is 1. The molecular weight excluding hydrogens is 580 g/mol. The summed E-state index contributed by atoms with van der Waals surface area (Å²) in [6, 6.07) is 21.6. The van der Waals surface area contributed by atoms with E-state index in [1.54, 1.807) is 31.5 Å². The van der Waals surface area contributed by atoms with Crippen molar-refractivity contribution in [1.82, 2.24) is 35.3 Å². The van der Waals surface area contributed by atoms with Gasteiger partial charge in [-0.15, -0.1) is 5.10 Å². The van der Waals surface area contributed by atoms with E-state index in [9.17, 15) is 14.9 Å². The van der Waals surface area contributed by atoms with Crippen LogP contribution in [0.15, 0.2) is 84.3 Å². The number of aromatic nitrogens is 6. The largest absolute Gasteiger partial charge is 0.497 e. The molecular formula is C30H26N10O3S. The van der Waals surface area contributed by atoms with Gasteiger partial charge in [-0.05, 0) is 43.3 Å². The van der Waals surface area contributed by atoms with Crippen LogP contribution in [0, 0.1) is 18.3 Å². The van der Waals surface area contributed by atoms with Crippen molar-refractivity contribution in [3.63, 3.8) is 0 Å². The van der Waals surface area contributed by atoms with Crippen LogP contribution in [-0.4, -0.2) is 49.0 Å². The summed E-state index contributed by atoms with van der Waals surface area (Å²) in [5, 5.41) is 26.6. The van der Waals surface area contributed by atoms with Crippen LogP contribution in [0.1, 0.15) is 16.8 Å². The van der Waals surface area contributed by atoms with Crippen molar-refractivity contribution >= 4 is 41.0 Å². The number of aryl methyl sites for hydroxylation is 1. The monoisotopic (exact) mass is 606 g/mol. The second-order valence-corrected chi connectivity index (χ2v) is 10.3. The van der Waals surface area contributed by atoms with E-state index in [1.165, 1.54) is 22.6 Å². The number of pyridine rings is 1. The topological polar surface area (TPSA) is 173 Å². The molecule has 3 heterocycles. The maximum Gasteiger partial charge on any atom is 0.327 e. The van der Waals surface area contributed by atoms with Gasteiger partial charge in [-0.25, -0.2) is 24.4 Å². The normalized spacial score (nSPS) is 10.5. The second kappa shape index (κ2) is 13.9. The lowest BCUT2D eigenvalue weighted by atomic mass is 10.1. The van der Waals surface area contributed by atoms with E-state index in [0.29, 0.717) is 45.2 Å². The molecule has 0 saturated heterocycles. The first kappa shape index (κ1) is 29.7. The zero-order valence-corrected chi connectivity index (χ0v) is 24.5. The van der Waals surface area contributed by atoms with E-state index >= 15 is 0 Å². The van der Waals surface area contributed by atoms with Gasteiger partial charge in [0, 0.05) is 29.4 Å². The third-order valence-corrected chi connectivity index (χ3v) is 6.96. The number of anilines is 3. The molecule has 14 heteroatoms. The fourth-order valence-electron chi connectivity index (χ4n) is 3.95. The first-order valence-electron chi connectivity index (χ1n) is 13.2. The van der Waals surface area contributed by atoms with Crippen LogP contribution in [-0.2, 0) is 17.1 Å². The highest BCUT2D eigenvalue weighted by atomic mass is 32.2. The van der Waals surface area contributed by atoms with E-state index in [4.69, 9.17) is 9.72 Å². The third-order valence-electron chi connectivity index (χ3n) is 6.08. The fraction of sp³-hybridized carbons (Fsp3) is 0.133. The SMILES string of the molecule is COc1ccc(Nc2nc(SCc3cn(CC(=O)NC(=O)Nc4ccccn4)nn3)nc(-c3ccc(C)cc3)c2C#N)cc1. The molecule has 5 aromatic rings. The number of thioether (sulfide) groups is 1. The molecule has 0 aliphatic heterocycles. The maximum atomic E-state index is 12.3. The van der Waals surface area contributed by atoms with Crippen molar-refractivity contribution in [3.05, 3.63) is 95.9 Å². The van der Waals surface area contributed by atoms with Crippen LogP contribution in [0.2, 0.25) is 0 Å². The van der Waals surface area contributed by atoms with Crippen molar-refractivity contribution in [2.24, 2.45) is 0 Å². The van der Waals surface area contributed by atoms with Gasteiger partial charge in [-0.1, -0.05) is 52.9 Å². The minimum absolute atomic E-state index is 0.214. The average molecular weight is 607 g/mol. The standard InChI is InChI=1S/C30H26N10O3S/c1-19-6-8-20(9-7-19)27-24(15-31)28(33-21-10-12-23(43-2)13-11-21)37-30(36-27)44-18-22-16-40(39-38-22)17-26(41)35-29(42)34-25-5-3-4-14-32-25/h3-14,16H,17-18H2,1-2H3,(H,33,36,37)(H2,32,34,35,41,42). The zero-order valence-electron chi connectivity index (χ0n) is 23.7. The molecule has 0 aliphatic carbocycles. The molecule has 3 aromatic heterocycles. The summed E-state index contributed by atoms with van der Waals surface area (Å²) in [6.07, 6.45) is 3.13. The van der Waals surface area contributed by atoms with Crippen LogP contribution < -0.4 is 20.7 Å². The molecule has 0 unspecified atom stereocenters. The van der Waals surface area contributed by atoms with Crippen molar-refractivity contribution in [2.75, 3.05) is 17.7 Å². The molecule has 5 rings (SSSR count). The Labute approximate surface area is 256 Å². The number of rotatable bonds is 10. The Kier molecular flexibility index (Phi) is 9.38. The molecule has 3 amide bonds. The number of carbonyl (C=O) groups is 2. The van der Waals surface area contributed by atoms with Gasteiger partial charge in [-0.3, -0.25) is 15.4 Å². The fourth-order valence-corrected chi connectivity index (χ4v) is 4.67. The van der Waals surface area contributed by atoms with Gasteiger partial charge >= 0.3 is 6.03 Å². The highest BCUT2D eigenvalue weighted by molar-refractivity contribution is 7.98. The molecule has 3 N–H and O–H groups in total. The lowest BCUT2D eigenvalue weighted by Crippen LogP contribution is -2.36. The molecule has 0 saturated carbocycles. The minimum Gasteiger partial charge on any atom is -0.497 e. The summed E-state index contributed by atoms with van der Waals surface area (Å²) in [6.45, 7) is 1.77. The number of nitriles is 1. The van der Waals surface area contributed by atoms with E-state index in [-0.39, 0.29) is 6.54 Å². The molecule has 0 fully saturated rings. The molecule has 220 valence electrons. The number of imide groups is 1. The highest BCUT2D eigenvalue weighted by Gasteiger charge is 2.18. The molecule has 0 aliphatic rings. The van der Waals surface area contributed by atoms with E-state index < -0.39 is 11.9 Å². The highest BCUT2D eigenvalue weighted by Crippen LogP contribution is 2.32. The molecule has 0 radical (unpaired) electrons. The van der Waals surface area contributed by atoms with Crippen LogP contribution >= 0.6 is 11.8 Å². The van der Waals surface area contributed by atoms with Crippen LogP contribution in [0.5, 0.6) is 5.75 Å². The molecule has 13 nitrogen and oxygen atoms in total. The predicted octanol–water partition coefficient (Wildman–Crippen LogP) is 4.70. The number of nitrogens with one attached hydrogen (secondary N) is 3. The number of benzene rings is 2. The van der Waals surface area contributed by atoms with Gasteiger partial charge in [0.15, 0.2) is 11.0 Å². The number of hydrogen-bond donors (Lipinski definition) is 3. The molecule has 2 aromatic carbocycles. The number of amides is 3. The maximum absolute atomic E-state index is 12.3. The Balaban J connectivity index is 1.30. The van der Waals surface area contributed by atoms with Crippen LogP contribution in [0.3, 0.4) is 0 Å². The number of methoxy groups -OCH3 is 1. The van der Waals surface area contributed by atoms with Crippen LogP contribution in [0.4, 0.5) is 22.1 Å². The van der Waals surface area contributed by atoms with Crippen molar-refractivity contribution in [2.45, 2.75) is 24.4 Å². The first-order chi connectivity index (χ1) is 21.4. The lowest BCUT2D eigenvalue weighted by Gasteiger charge is -2.13. The Hall–Kier alpha value is -5.81. The second-order valence-electron chi connectivity index (χ2n) is 9.32. The number of urea groups is 1. The number of hydrogen-bond acceptors (Lipinski definition) is 11. The van der Waals surface area contributed by atoms with Gasteiger partial charge in [0.2, 0.25) is 5.91 Å². The summed E-state index contributed by atoms with van der Waals surface area (Å²) in [5.41, 5.74) is 3.94. The van der Waals surface area contributed by atoms with Crippen molar-refractivity contribution < 1.29 is 14.3 Å². The Morgan fingerprint density at radius 3 is 2.55 bits per heavy atom. The molecule has 44 heavy (non-hydrogen) atoms. The van der Waals surface area contributed by atoms with E-state index in [2.05, 4.69) is 42.3 Å². The quantitative estimate of drug-likeness (QED) is 0.149. The third kappa shape index (κ3) is 7.72. The molecule has 0 spiro atoms. The van der Waals surface area contributed by atoms with Gasteiger partial charge < -0.3 is 10.1 Å². The van der Waals surface area contributed by atoms with Gasteiger partial charge in [-0.2, -0.15) is 5.26 Å². The number of nitrogens with zero attached hydrogens (tertiary/aromatic N) is 7. The van der Waals surface area contributed by atoms with Crippen LogP contribution in [0.25, 0.3) is 11.3 Å². The summed E-state index contributed by atoms with van der Waals surface area (Å²) in [7, 11) is 1.59. The molecule has 0 bridgehead atoms. The Morgan fingerprint density at radius 2 is 1.84 bits per heavy atom. The zero-order chi connectivity index (χ0) is 30.9. The summed E-state index contributed by atoms with van der Waals surface area (Å²) in [5.74, 6) is 1.14. The minimum atomic E-state index is -0.703. The summed E-state index contributed by atoms with van der Waals surface area (Å²) >= 11 is 1.30. The van der Waals surface area contributed by atoms with Crippen molar-refractivity contribution in [3.8, 4) is 23.1 Å². The van der Waals surface area contributed by atoms with Crippen molar-refractivity contribution in [1.29, 1.82) is 5.26 Å². The Morgan fingerprint density at radius 1 is 1.05 bits per heavy atom. The van der Waals surface area contributed by atoms with Gasteiger partial charge in [0.1, 0.15) is 29.7 Å². The predicted molar refractivity (Wildman–Crippen MR) is 164 cm³/mol. The Bertz CT molecular complexity index is 1800.